The third-order valence-corrected chi connectivity index (χ3v) is 3.18. The standard InChI is InChI=1S/C19H21NO2/c1-2-22-19(21)14-18(13-16-9-5-3-6-10-16)20-15-17-11-7-4-8-12-17/h3-12,14,20H,2,13,15H2,1H3/b18-14-. The van der Waals surface area contributed by atoms with Crippen molar-refractivity contribution in [2.24, 2.45) is 0 Å². The molecule has 0 aliphatic heterocycles. The first-order chi connectivity index (χ1) is 10.8. The summed E-state index contributed by atoms with van der Waals surface area (Å²) in [5.74, 6) is -0.311. The van der Waals surface area contributed by atoms with E-state index < -0.39 is 0 Å². The van der Waals surface area contributed by atoms with Crippen LogP contribution in [0.3, 0.4) is 0 Å². The SMILES string of the molecule is CCOC(=O)/C=C(/Cc1ccccc1)NCc1ccccc1. The first-order valence-electron chi connectivity index (χ1n) is 7.47. The summed E-state index contributed by atoms with van der Waals surface area (Å²) in [4.78, 5) is 11.7. The Hall–Kier alpha value is -2.55. The van der Waals surface area contributed by atoms with Crippen LogP contribution >= 0.6 is 0 Å². The lowest BCUT2D eigenvalue weighted by molar-refractivity contribution is -0.137. The zero-order chi connectivity index (χ0) is 15.6. The van der Waals surface area contributed by atoms with Crippen molar-refractivity contribution in [3.63, 3.8) is 0 Å². The van der Waals surface area contributed by atoms with E-state index in [1.54, 1.807) is 13.0 Å². The molecule has 0 aromatic heterocycles. The van der Waals surface area contributed by atoms with E-state index in [4.69, 9.17) is 4.74 Å². The van der Waals surface area contributed by atoms with Gasteiger partial charge in [-0.25, -0.2) is 4.79 Å². The first-order valence-corrected chi connectivity index (χ1v) is 7.47. The van der Waals surface area contributed by atoms with Gasteiger partial charge in [-0.1, -0.05) is 60.7 Å². The number of rotatable bonds is 7. The lowest BCUT2D eigenvalue weighted by Gasteiger charge is -2.11. The van der Waals surface area contributed by atoms with Crippen molar-refractivity contribution in [1.29, 1.82) is 0 Å². The van der Waals surface area contributed by atoms with E-state index in [1.807, 2.05) is 48.5 Å². The van der Waals surface area contributed by atoms with Crippen LogP contribution in [0.25, 0.3) is 0 Å². The number of ether oxygens (including phenoxy) is 1. The molecule has 0 unspecified atom stereocenters. The molecule has 2 rings (SSSR count). The van der Waals surface area contributed by atoms with E-state index in [0.29, 0.717) is 19.6 Å². The lowest BCUT2D eigenvalue weighted by Crippen LogP contribution is -2.17. The Labute approximate surface area is 131 Å². The fourth-order valence-electron chi connectivity index (χ4n) is 2.12. The van der Waals surface area contributed by atoms with Crippen molar-refractivity contribution in [2.45, 2.75) is 19.9 Å². The zero-order valence-corrected chi connectivity index (χ0v) is 12.8. The minimum atomic E-state index is -0.311. The second-order valence-corrected chi connectivity index (χ2v) is 4.92. The highest BCUT2D eigenvalue weighted by Crippen LogP contribution is 2.08. The molecule has 0 saturated carbocycles. The summed E-state index contributed by atoms with van der Waals surface area (Å²) in [7, 11) is 0. The number of hydrogen-bond acceptors (Lipinski definition) is 3. The molecule has 2 aromatic rings. The van der Waals surface area contributed by atoms with Gasteiger partial charge in [-0.2, -0.15) is 0 Å². The molecule has 1 N–H and O–H groups in total. The second kappa shape index (κ2) is 8.67. The van der Waals surface area contributed by atoms with Gasteiger partial charge in [0.25, 0.3) is 0 Å². The van der Waals surface area contributed by atoms with Gasteiger partial charge in [0.05, 0.1) is 6.61 Å². The maximum absolute atomic E-state index is 11.7. The Morgan fingerprint density at radius 1 is 1.00 bits per heavy atom. The highest BCUT2D eigenvalue weighted by Gasteiger charge is 2.04. The van der Waals surface area contributed by atoms with Crippen molar-refractivity contribution < 1.29 is 9.53 Å². The molecule has 0 aliphatic rings. The summed E-state index contributed by atoms with van der Waals surface area (Å²) in [5, 5.41) is 3.33. The van der Waals surface area contributed by atoms with Crippen LogP contribution in [0.5, 0.6) is 0 Å². The van der Waals surface area contributed by atoms with E-state index in [2.05, 4.69) is 17.4 Å². The third-order valence-electron chi connectivity index (χ3n) is 3.18. The van der Waals surface area contributed by atoms with E-state index in [1.165, 1.54) is 5.56 Å². The van der Waals surface area contributed by atoms with Crippen molar-refractivity contribution >= 4 is 5.97 Å². The van der Waals surface area contributed by atoms with E-state index >= 15 is 0 Å². The van der Waals surface area contributed by atoms with E-state index in [-0.39, 0.29) is 5.97 Å². The van der Waals surface area contributed by atoms with Crippen LogP contribution in [-0.4, -0.2) is 12.6 Å². The Balaban J connectivity index is 2.05. The molecule has 0 radical (unpaired) electrons. The number of esters is 1. The maximum Gasteiger partial charge on any atom is 0.332 e. The summed E-state index contributed by atoms with van der Waals surface area (Å²) in [6.45, 7) is 2.87. The molecule has 3 nitrogen and oxygen atoms in total. The van der Waals surface area contributed by atoms with Crippen LogP contribution in [0.2, 0.25) is 0 Å². The molecule has 0 amide bonds. The zero-order valence-electron chi connectivity index (χ0n) is 12.8. The predicted octanol–water partition coefficient (Wildman–Crippen LogP) is 3.47. The van der Waals surface area contributed by atoms with Crippen LogP contribution in [-0.2, 0) is 22.5 Å². The number of hydrogen-bond donors (Lipinski definition) is 1. The summed E-state index contributed by atoms with van der Waals surface area (Å²) >= 11 is 0. The van der Waals surface area contributed by atoms with Crippen LogP contribution in [0.1, 0.15) is 18.1 Å². The van der Waals surface area contributed by atoms with Gasteiger partial charge in [-0.05, 0) is 18.1 Å². The van der Waals surface area contributed by atoms with Gasteiger partial charge >= 0.3 is 5.97 Å². The topological polar surface area (TPSA) is 38.3 Å². The fourth-order valence-corrected chi connectivity index (χ4v) is 2.12. The molecule has 0 heterocycles. The van der Waals surface area contributed by atoms with Crippen molar-refractivity contribution in [1.82, 2.24) is 5.32 Å². The Bertz CT molecular complexity index is 606. The third kappa shape index (κ3) is 5.44. The second-order valence-electron chi connectivity index (χ2n) is 4.92. The van der Waals surface area contributed by atoms with Gasteiger partial charge in [-0.15, -0.1) is 0 Å². The average Bonchev–Trinajstić information content (AvgIpc) is 2.55. The average molecular weight is 295 g/mol. The van der Waals surface area contributed by atoms with Crippen LogP contribution in [0, 0.1) is 0 Å². The Morgan fingerprint density at radius 2 is 1.59 bits per heavy atom. The molecular formula is C19H21NO2. The number of carbonyl (C=O) groups excluding carboxylic acids is 1. The van der Waals surface area contributed by atoms with Gasteiger partial charge in [0.1, 0.15) is 0 Å². The normalized spacial score (nSPS) is 11.0. The van der Waals surface area contributed by atoms with Gasteiger partial charge in [-0.3, -0.25) is 0 Å². The van der Waals surface area contributed by atoms with Crippen molar-refractivity contribution in [3.8, 4) is 0 Å². The van der Waals surface area contributed by atoms with Crippen molar-refractivity contribution in [3.05, 3.63) is 83.6 Å². The molecule has 2 aromatic carbocycles. The molecule has 22 heavy (non-hydrogen) atoms. The largest absolute Gasteiger partial charge is 0.463 e. The van der Waals surface area contributed by atoms with Crippen LogP contribution < -0.4 is 5.32 Å². The number of nitrogens with one attached hydrogen (secondary N) is 1. The summed E-state index contributed by atoms with van der Waals surface area (Å²) in [6, 6.07) is 20.2. The Morgan fingerprint density at radius 3 is 2.18 bits per heavy atom. The number of benzene rings is 2. The minimum Gasteiger partial charge on any atom is -0.463 e. The summed E-state index contributed by atoms with van der Waals surface area (Å²) < 4.78 is 5.01. The molecule has 0 bridgehead atoms. The lowest BCUT2D eigenvalue weighted by atomic mass is 10.1. The van der Waals surface area contributed by atoms with Gasteiger partial charge in [0, 0.05) is 24.7 Å². The van der Waals surface area contributed by atoms with Gasteiger partial charge in [0.2, 0.25) is 0 Å². The van der Waals surface area contributed by atoms with Crippen LogP contribution in [0.4, 0.5) is 0 Å². The highest BCUT2D eigenvalue weighted by molar-refractivity contribution is 5.82. The summed E-state index contributed by atoms with van der Waals surface area (Å²) in [5.41, 5.74) is 3.18. The molecule has 0 saturated heterocycles. The molecule has 0 aliphatic carbocycles. The van der Waals surface area contributed by atoms with E-state index in [0.717, 1.165) is 11.3 Å². The smallest absolute Gasteiger partial charge is 0.332 e. The molecule has 0 atom stereocenters. The van der Waals surface area contributed by atoms with Gasteiger partial charge in [0.15, 0.2) is 0 Å². The minimum absolute atomic E-state index is 0.311. The predicted molar refractivity (Wildman–Crippen MR) is 88.1 cm³/mol. The quantitative estimate of drug-likeness (QED) is 0.628. The van der Waals surface area contributed by atoms with E-state index in [9.17, 15) is 4.79 Å². The first kappa shape index (κ1) is 15.8. The summed E-state index contributed by atoms with van der Waals surface area (Å²) in [6.07, 6.45) is 2.21. The molecular weight excluding hydrogens is 274 g/mol. The van der Waals surface area contributed by atoms with Crippen molar-refractivity contribution in [2.75, 3.05) is 6.61 Å². The number of allylic oxidation sites excluding steroid dienone is 1. The highest BCUT2D eigenvalue weighted by atomic mass is 16.5. The molecule has 0 fully saturated rings. The number of carbonyl (C=O) groups is 1. The molecule has 114 valence electrons. The van der Waals surface area contributed by atoms with Gasteiger partial charge < -0.3 is 10.1 Å². The Kier molecular flexibility index (Phi) is 6.24. The monoisotopic (exact) mass is 295 g/mol. The fraction of sp³-hybridized carbons (Fsp3) is 0.211. The maximum atomic E-state index is 11.7. The molecule has 3 heteroatoms. The van der Waals surface area contributed by atoms with Crippen LogP contribution in [0.15, 0.2) is 72.4 Å². The molecule has 0 spiro atoms.